The van der Waals surface area contributed by atoms with Gasteiger partial charge in [0.25, 0.3) is 0 Å². The van der Waals surface area contributed by atoms with Gasteiger partial charge >= 0.3 is 34.7 Å². The van der Waals surface area contributed by atoms with E-state index in [2.05, 4.69) is 0 Å². The highest BCUT2D eigenvalue weighted by Gasteiger charge is 2.61. The molecule has 0 aromatic heterocycles. The zero-order valence-corrected chi connectivity index (χ0v) is 20.8. The molecule has 0 N–H and O–H groups in total. The van der Waals surface area contributed by atoms with Crippen LogP contribution in [-0.4, -0.2) is 72.0 Å². The predicted octanol–water partition coefficient (Wildman–Crippen LogP) is 2.37. The lowest BCUT2D eigenvalue weighted by Gasteiger charge is -2.47. The van der Waals surface area contributed by atoms with Crippen molar-refractivity contribution in [3.8, 4) is 0 Å². The first-order valence-corrected chi connectivity index (χ1v) is 18.4. The third kappa shape index (κ3) is 7.05. The van der Waals surface area contributed by atoms with E-state index in [4.69, 9.17) is 25.5 Å². The van der Waals surface area contributed by atoms with E-state index >= 15 is 0 Å². The summed E-state index contributed by atoms with van der Waals surface area (Å²) in [6.07, 6.45) is 0. The molecule has 0 amide bonds. The summed E-state index contributed by atoms with van der Waals surface area (Å²) in [5.41, 5.74) is 0. The lowest BCUT2D eigenvalue weighted by atomic mass is 10.8. The van der Waals surface area contributed by atoms with Crippen LogP contribution in [0.5, 0.6) is 0 Å². The maximum Gasteiger partial charge on any atom is 0.696 e. The molecule has 0 unspecified atom stereocenters. The fraction of sp³-hybridized carbons (Fsp3) is 1.00. The maximum absolute atomic E-state index is 6.38. The molecule has 0 aliphatic carbocycles. The van der Waals surface area contributed by atoms with Crippen molar-refractivity contribution in [2.75, 3.05) is 27.2 Å². The van der Waals surface area contributed by atoms with Crippen LogP contribution >= 0.6 is 0 Å². The van der Waals surface area contributed by atoms with E-state index in [-0.39, 0.29) is 0 Å². The number of rotatable bonds is 6. The highest BCUT2D eigenvalue weighted by atomic mass is 28.5. The van der Waals surface area contributed by atoms with Crippen molar-refractivity contribution >= 4 is 34.7 Å². The Morgan fingerprint density at radius 1 is 0.625 bits per heavy atom. The van der Waals surface area contributed by atoms with Gasteiger partial charge in [0, 0.05) is 27.2 Å². The quantitative estimate of drug-likeness (QED) is 0.485. The zero-order chi connectivity index (χ0) is 18.8. The minimum Gasteiger partial charge on any atom is -0.416 e. The molecule has 24 heavy (non-hydrogen) atoms. The standard InChI is InChI=1S/C12H34N2O6Si4/c1-11-13(3)15-24(16-14(4)12-2)19-22(7,8)17-21(5,6)18-23(9,10)20-24/h11-12H2,1-10H3. The molecular weight excluding hydrogens is 380 g/mol. The van der Waals surface area contributed by atoms with Gasteiger partial charge in [0.05, 0.1) is 0 Å². The summed E-state index contributed by atoms with van der Waals surface area (Å²) in [7, 11) is -7.35. The second-order valence-corrected chi connectivity index (χ2v) is 20.2. The molecule has 1 fully saturated rings. The van der Waals surface area contributed by atoms with Crippen molar-refractivity contribution in [3.05, 3.63) is 0 Å². The van der Waals surface area contributed by atoms with Crippen LogP contribution in [0, 0.1) is 0 Å². The van der Waals surface area contributed by atoms with Gasteiger partial charge in [-0.3, -0.25) is 9.05 Å². The number of nitrogens with zero attached hydrogens (tertiary/aromatic N) is 2. The van der Waals surface area contributed by atoms with E-state index in [1.807, 2.05) is 67.2 Å². The van der Waals surface area contributed by atoms with Gasteiger partial charge in [0.2, 0.25) is 0 Å². The molecule has 144 valence electrons. The van der Waals surface area contributed by atoms with Gasteiger partial charge in [0.1, 0.15) is 0 Å². The van der Waals surface area contributed by atoms with Gasteiger partial charge in [0.15, 0.2) is 0 Å². The van der Waals surface area contributed by atoms with Crippen molar-refractivity contribution in [2.24, 2.45) is 0 Å². The van der Waals surface area contributed by atoms with Crippen molar-refractivity contribution in [1.82, 2.24) is 10.1 Å². The smallest absolute Gasteiger partial charge is 0.416 e. The summed E-state index contributed by atoms with van der Waals surface area (Å²) in [5.74, 6) is 0. The Morgan fingerprint density at radius 2 is 0.917 bits per heavy atom. The summed E-state index contributed by atoms with van der Waals surface area (Å²) >= 11 is 0. The first-order valence-electron chi connectivity index (χ1n) is 8.35. The summed E-state index contributed by atoms with van der Waals surface area (Å²) in [6.45, 7) is 17.3. The molecule has 0 saturated carbocycles. The average Bonchev–Trinajstić information content (AvgIpc) is 2.32. The Labute approximate surface area is 151 Å². The summed E-state index contributed by atoms with van der Waals surface area (Å²) in [6, 6.07) is 0. The topological polar surface area (TPSA) is 61.9 Å². The summed E-state index contributed by atoms with van der Waals surface area (Å²) in [4.78, 5) is 0. The van der Waals surface area contributed by atoms with Gasteiger partial charge in [-0.2, -0.15) is 10.1 Å². The van der Waals surface area contributed by atoms with Crippen LogP contribution in [-0.2, 0) is 25.5 Å². The highest BCUT2D eigenvalue weighted by molar-refractivity contribution is 6.90. The molecule has 0 aromatic rings. The van der Waals surface area contributed by atoms with Crippen LogP contribution in [0.3, 0.4) is 0 Å². The van der Waals surface area contributed by atoms with Crippen molar-refractivity contribution in [3.63, 3.8) is 0 Å². The van der Waals surface area contributed by atoms with Gasteiger partial charge in [-0.25, -0.2) is 0 Å². The number of hydroxylamine groups is 4. The van der Waals surface area contributed by atoms with E-state index in [0.29, 0.717) is 13.1 Å². The Balaban J connectivity index is 3.25. The molecule has 12 heteroatoms. The summed E-state index contributed by atoms with van der Waals surface area (Å²) in [5, 5.41) is 3.35. The molecule has 1 rings (SSSR count). The SMILES string of the molecule is CCN(C)O[Si]1(ON(C)CC)O[Si](C)(C)O[Si](C)(C)O[Si](C)(C)O1. The molecule has 0 aromatic carbocycles. The Kier molecular flexibility index (Phi) is 7.58. The molecule has 1 saturated heterocycles. The molecule has 0 spiro atoms. The summed E-state index contributed by atoms with van der Waals surface area (Å²) < 4.78 is 37.5. The first-order chi connectivity index (χ1) is 10.7. The predicted molar refractivity (Wildman–Crippen MR) is 101 cm³/mol. The minimum atomic E-state index is -3.52. The number of hydrogen-bond acceptors (Lipinski definition) is 8. The van der Waals surface area contributed by atoms with E-state index in [1.165, 1.54) is 0 Å². The van der Waals surface area contributed by atoms with Gasteiger partial charge < -0.3 is 16.5 Å². The molecule has 8 nitrogen and oxygen atoms in total. The molecule has 1 aliphatic heterocycles. The normalized spacial score (nSPS) is 25.5. The van der Waals surface area contributed by atoms with Crippen LogP contribution in [0.1, 0.15) is 13.8 Å². The van der Waals surface area contributed by atoms with Gasteiger partial charge in [-0.1, -0.05) is 13.8 Å². The highest BCUT2D eigenvalue weighted by Crippen LogP contribution is 2.32. The fourth-order valence-electron chi connectivity index (χ4n) is 2.47. The lowest BCUT2D eigenvalue weighted by molar-refractivity contribution is -0.185. The average molecular weight is 415 g/mol. The third-order valence-electron chi connectivity index (χ3n) is 3.15. The Hall–Kier alpha value is 0.548. The zero-order valence-electron chi connectivity index (χ0n) is 16.8. The first kappa shape index (κ1) is 22.6. The van der Waals surface area contributed by atoms with Crippen molar-refractivity contribution in [1.29, 1.82) is 0 Å². The van der Waals surface area contributed by atoms with Crippen LogP contribution in [0.4, 0.5) is 0 Å². The van der Waals surface area contributed by atoms with Crippen LogP contribution in [0.25, 0.3) is 0 Å². The van der Waals surface area contributed by atoms with Gasteiger partial charge in [-0.05, 0) is 39.3 Å². The molecule has 0 radical (unpaired) electrons. The Morgan fingerprint density at radius 3 is 1.21 bits per heavy atom. The molecule has 0 bridgehead atoms. The maximum atomic E-state index is 6.38. The number of hydrogen-bond donors (Lipinski definition) is 0. The van der Waals surface area contributed by atoms with Crippen molar-refractivity contribution in [2.45, 2.75) is 53.1 Å². The van der Waals surface area contributed by atoms with E-state index < -0.39 is 34.7 Å². The largest absolute Gasteiger partial charge is 0.696 e. The third-order valence-corrected chi connectivity index (χ3v) is 18.0. The second-order valence-electron chi connectivity index (χ2n) is 7.18. The molecular formula is C12H34N2O6Si4. The van der Waals surface area contributed by atoms with Crippen LogP contribution < -0.4 is 0 Å². The van der Waals surface area contributed by atoms with Crippen LogP contribution in [0.2, 0.25) is 39.3 Å². The Bertz CT molecular complexity index is 390. The second kappa shape index (κ2) is 8.06. The fourth-order valence-corrected chi connectivity index (χ4v) is 20.6. The van der Waals surface area contributed by atoms with Crippen molar-refractivity contribution < 1.29 is 25.5 Å². The monoisotopic (exact) mass is 414 g/mol. The molecule has 1 heterocycles. The van der Waals surface area contributed by atoms with E-state index in [1.54, 1.807) is 10.1 Å². The lowest BCUT2D eigenvalue weighted by Crippen LogP contribution is -2.70. The molecule has 1 aliphatic rings. The molecule has 0 atom stereocenters. The van der Waals surface area contributed by atoms with Crippen LogP contribution in [0.15, 0.2) is 0 Å². The van der Waals surface area contributed by atoms with E-state index in [0.717, 1.165) is 0 Å². The minimum absolute atomic E-state index is 0.673. The van der Waals surface area contributed by atoms with Gasteiger partial charge in [-0.15, -0.1) is 0 Å². The van der Waals surface area contributed by atoms with E-state index in [9.17, 15) is 0 Å².